The zero-order chi connectivity index (χ0) is 14.7. The second-order valence-electron chi connectivity index (χ2n) is 3.48. The Morgan fingerprint density at radius 2 is 1.58 bits per heavy atom. The van der Waals surface area contributed by atoms with Gasteiger partial charge in [0, 0.05) is 19.5 Å². The van der Waals surface area contributed by atoms with Gasteiger partial charge in [-0.1, -0.05) is 0 Å². The second-order valence-corrected chi connectivity index (χ2v) is 3.48. The molecule has 0 rings (SSSR count). The molecule has 9 heteroatoms. The molecule has 0 aliphatic rings. The molecule has 0 spiro atoms. The van der Waals surface area contributed by atoms with E-state index in [0.717, 1.165) is 0 Å². The van der Waals surface area contributed by atoms with Crippen LogP contribution in [0.1, 0.15) is 13.3 Å². The molecule has 0 atom stereocenters. The molecule has 0 saturated carbocycles. The minimum atomic E-state index is -1.17. The van der Waals surface area contributed by atoms with Crippen molar-refractivity contribution in [3.05, 3.63) is 0 Å². The summed E-state index contributed by atoms with van der Waals surface area (Å²) in [5.41, 5.74) is 0. The fraction of sp³-hybridized carbons (Fsp3) is 0.600. The predicted molar refractivity (Wildman–Crippen MR) is 65.3 cm³/mol. The molecule has 0 bridgehead atoms. The van der Waals surface area contributed by atoms with Gasteiger partial charge in [-0.2, -0.15) is 0 Å². The van der Waals surface area contributed by atoms with Crippen molar-refractivity contribution in [2.75, 3.05) is 26.2 Å². The average Bonchev–Trinajstić information content (AvgIpc) is 2.34. The Balaban J connectivity index is 3.61. The van der Waals surface area contributed by atoms with Crippen LogP contribution in [0.5, 0.6) is 0 Å². The Morgan fingerprint density at radius 1 is 0.895 bits per heavy atom. The number of carbonyl (C=O) groups is 4. The molecule has 0 unspecified atom stereocenters. The summed E-state index contributed by atoms with van der Waals surface area (Å²) in [6, 6.07) is -0.602. The van der Waals surface area contributed by atoms with E-state index in [9.17, 15) is 19.2 Å². The first kappa shape index (κ1) is 16.7. The van der Waals surface area contributed by atoms with Gasteiger partial charge in [-0.15, -0.1) is 0 Å². The van der Waals surface area contributed by atoms with E-state index in [1.54, 1.807) is 6.92 Å². The minimum Gasteiger partial charge on any atom is -0.480 e. The van der Waals surface area contributed by atoms with Gasteiger partial charge in [0.25, 0.3) is 0 Å². The van der Waals surface area contributed by atoms with E-state index >= 15 is 0 Å². The molecule has 0 heterocycles. The summed E-state index contributed by atoms with van der Waals surface area (Å²) in [5.74, 6) is -1.96. The summed E-state index contributed by atoms with van der Waals surface area (Å²) < 4.78 is 0. The lowest BCUT2D eigenvalue weighted by Gasteiger charge is -2.07. The number of carboxylic acid groups (broad SMARTS) is 1. The van der Waals surface area contributed by atoms with E-state index in [2.05, 4.69) is 21.3 Å². The highest BCUT2D eigenvalue weighted by Crippen LogP contribution is 1.77. The third-order valence-corrected chi connectivity index (χ3v) is 1.86. The number of rotatable bonds is 8. The van der Waals surface area contributed by atoms with Crippen LogP contribution in [-0.4, -0.2) is 55.1 Å². The monoisotopic (exact) mass is 274 g/mol. The highest BCUT2D eigenvalue weighted by Gasteiger charge is 2.06. The van der Waals surface area contributed by atoms with Crippen LogP contribution in [0.3, 0.4) is 0 Å². The van der Waals surface area contributed by atoms with Gasteiger partial charge in [0.15, 0.2) is 0 Å². The molecule has 0 radical (unpaired) electrons. The number of hydrogen-bond donors (Lipinski definition) is 5. The van der Waals surface area contributed by atoms with E-state index < -0.39 is 24.5 Å². The Labute approximate surface area is 110 Å². The zero-order valence-electron chi connectivity index (χ0n) is 10.6. The number of carboxylic acids is 1. The van der Waals surface area contributed by atoms with E-state index in [0.29, 0.717) is 6.54 Å². The lowest BCUT2D eigenvalue weighted by atomic mass is 10.4. The predicted octanol–water partition coefficient (Wildman–Crippen LogP) is -1.99. The lowest BCUT2D eigenvalue weighted by Crippen LogP contribution is -2.43. The van der Waals surface area contributed by atoms with E-state index in [4.69, 9.17) is 5.11 Å². The SMILES string of the molecule is CCNC(=O)CCNC(=O)NCC(=O)NCC(=O)O. The maximum atomic E-state index is 11.2. The number of aliphatic carboxylic acids is 1. The first-order chi connectivity index (χ1) is 8.95. The van der Waals surface area contributed by atoms with Crippen LogP contribution in [0.15, 0.2) is 0 Å². The first-order valence-corrected chi connectivity index (χ1v) is 5.72. The largest absolute Gasteiger partial charge is 0.480 e. The molecule has 0 aromatic carbocycles. The highest BCUT2D eigenvalue weighted by atomic mass is 16.4. The quantitative estimate of drug-likeness (QED) is 0.349. The number of amides is 4. The lowest BCUT2D eigenvalue weighted by molar-refractivity contribution is -0.137. The molecule has 108 valence electrons. The smallest absolute Gasteiger partial charge is 0.322 e. The third-order valence-electron chi connectivity index (χ3n) is 1.86. The average molecular weight is 274 g/mol. The van der Waals surface area contributed by atoms with Gasteiger partial charge in [-0.05, 0) is 6.92 Å². The van der Waals surface area contributed by atoms with Crippen molar-refractivity contribution in [3.8, 4) is 0 Å². The Hall–Kier alpha value is -2.32. The number of urea groups is 1. The van der Waals surface area contributed by atoms with Crippen LogP contribution in [-0.2, 0) is 14.4 Å². The van der Waals surface area contributed by atoms with Crippen LogP contribution < -0.4 is 21.3 Å². The van der Waals surface area contributed by atoms with Gasteiger partial charge in [-0.25, -0.2) is 4.79 Å². The van der Waals surface area contributed by atoms with Gasteiger partial charge in [0.1, 0.15) is 6.54 Å². The van der Waals surface area contributed by atoms with Crippen LogP contribution >= 0.6 is 0 Å². The van der Waals surface area contributed by atoms with E-state index in [1.165, 1.54) is 0 Å². The fourth-order valence-electron chi connectivity index (χ4n) is 1.03. The molecule has 0 aliphatic carbocycles. The maximum absolute atomic E-state index is 11.2. The molecule has 9 nitrogen and oxygen atoms in total. The van der Waals surface area contributed by atoms with E-state index in [1.807, 2.05) is 0 Å². The maximum Gasteiger partial charge on any atom is 0.322 e. The van der Waals surface area contributed by atoms with Gasteiger partial charge >= 0.3 is 12.0 Å². The van der Waals surface area contributed by atoms with Crippen molar-refractivity contribution < 1.29 is 24.3 Å². The Bertz CT molecular complexity index is 345. The molecular weight excluding hydrogens is 256 g/mol. The molecule has 0 fully saturated rings. The van der Waals surface area contributed by atoms with Crippen molar-refractivity contribution in [1.82, 2.24) is 21.3 Å². The molecule has 0 saturated heterocycles. The van der Waals surface area contributed by atoms with Crippen molar-refractivity contribution >= 4 is 23.8 Å². The third kappa shape index (κ3) is 10.5. The Morgan fingerprint density at radius 3 is 2.16 bits per heavy atom. The summed E-state index contributed by atoms with van der Waals surface area (Å²) >= 11 is 0. The van der Waals surface area contributed by atoms with Crippen LogP contribution in [0, 0.1) is 0 Å². The molecule has 4 amide bonds. The molecular formula is C10H18N4O5. The van der Waals surface area contributed by atoms with Crippen molar-refractivity contribution in [1.29, 1.82) is 0 Å². The van der Waals surface area contributed by atoms with Gasteiger partial charge in [0.05, 0.1) is 6.54 Å². The summed E-state index contributed by atoms with van der Waals surface area (Å²) in [6.07, 6.45) is 0.145. The summed E-state index contributed by atoms with van der Waals surface area (Å²) in [4.78, 5) is 43.4. The van der Waals surface area contributed by atoms with Crippen molar-refractivity contribution in [3.63, 3.8) is 0 Å². The number of carbonyl (C=O) groups excluding carboxylic acids is 3. The summed E-state index contributed by atoms with van der Waals surface area (Å²) in [6.45, 7) is 1.62. The summed E-state index contributed by atoms with van der Waals surface area (Å²) in [7, 11) is 0. The van der Waals surface area contributed by atoms with Crippen molar-refractivity contribution in [2.24, 2.45) is 0 Å². The molecule has 5 N–H and O–H groups in total. The number of nitrogens with one attached hydrogen (secondary N) is 4. The second kappa shape index (κ2) is 9.68. The molecule has 19 heavy (non-hydrogen) atoms. The Kier molecular flexibility index (Phi) is 8.50. The van der Waals surface area contributed by atoms with E-state index in [-0.39, 0.29) is 25.4 Å². The van der Waals surface area contributed by atoms with Crippen molar-refractivity contribution in [2.45, 2.75) is 13.3 Å². The fourth-order valence-corrected chi connectivity index (χ4v) is 1.03. The van der Waals surface area contributed by atoms with Gasteiger partial charge < -0.3 is 26.4 Å². The van der Waals surface area contributed by atoms with Crippen LogP contribution in [0.2, 0.25) is 0 Å². The van der Waals surface area contributed by atoms with Crippen LogP contribution in [0.25, 0.3) is 0 Å². The van der Waals surface area contributed by atoms with Gasteiger partial charge in [0.2, 0.25) is 11.8 Å². The van der Waals surface area contributed by atoms with Gasteiger partial charge in [-0.3, -0.25) is 14.4 Å². The molecule has 0 aliphatic heterocycles. The summed E-state index contributed by atoms with van der Waals surface area (Å²) in [5, 5.41) is 17.6. The zero-order valence-corrected chi connectivity index (χ0v) is 10.6. The minimum absolute atomic E-state index is 0.145. The highest BCUT2D eigenvalue weighted by molar-refractivity contribution is 5.86. The molecule has 0 aromatic rings. The standard InChI is InChI=1S/C10H18N4O5/c1-2-11-7(15)3-4-12-10(19)14-5-8(16)13-6-9(17)18/h2-6H2,1H3,(H,11,15)(H,13,16)(H,17,18)(H2,12,14,19). The first-order valence-electron chi connectivity index (χ1n) is 5.72. The molecule has 0 aromatic heterocycles. The number of hydrogen-bond acceptors (Lipinski definition) is 4. The normalized spacial score (nSPS) is 9.32. The van der Waals surface area contributed by atoms with Crippen LogP contribution in [0.4, 0.5) is 4.79 Å². The topological polar surface area (TPSA) is 137 Å².